The predicted octanol–water partition coefficient (Wildman–Crippen LogP) is 2.52. The number of nitrogens with one attached hydrogen (secondary N) is 2. The van der Waals surface area contributed by atoms with E-state index in [0.717, 1.165) is 36.7 Å². The smallest absolute Gasteiger partial charge is 0.179 e. The molecule has 1 aromatic heterocycles. The van der Waals surface area contributed by atoms with Crippen LogP contribution in [0.1, 0.15) is 43.1 Å². The van der Waals surface area contributed by atoms with Crippen LogP contribution in [0, 0.1) is 5.82 Å². The van der Waals surface area contributed by atoms with Crippen LogP contribution in [0.2, 0.25) is 0 Å². The fourth-order valence-electron chi connectivity index (χ4n) is 2.65. The van der Waals surface area contributed by atoms with Crippen molar-refractivity contribution in [3.63, 3.8) is 0 Å². The van der Waals surface area contributed by atoms with E-state index in [0.29, 0.717) is 13.0 Å². The molecule has 118 valence electrons. The summed E-state index contributed by atoms with van der Waals surface area (Å²) in [5, 5.41) is 10.5. The molecule has 0 bridgehead atoms. The van der Waals surface area contributed by atoms with Crippen LogP contribution in [0.5, 0.6) is 0 Å². The Morgan fingerprint density at radius 1 is 1.45 bits per heavy atom. The SMILES string of the molecule is CC(Cc1ccccc1F)NCc1nc(C2CCCO2)n[nH]1. The minimum atomic E-state index is -0.156. The minimum absolute atomic E-state index is 0.0286. The van der Waals surface area contributed by atoms with E-state index in [1.807, 2.05) is 19.1 Å². The van der Waals surface area contributed by atoms with Gasteiger partial charge in [-0.05, 0) is 37.8 Å². The Balaban J connectivity index is 1.50. The Bertz CT molecular complexity index is 610. The maximum Gasteiger partial charge on any atom is 0.179 e. The predicted molar refractivity (Wildman–Crippen MR) is 80.7 cm³/mol. The van der Waals surface area contributed by atoms with E-state index in [2.05, 4.69) is 20.5 Å². The van der Waals surface area contributed by atoms with Crippen LogP contribution in [0.4, 0.5) is 4.39 Å². The molecule has 1 saturated heterocycles. The Morgan fingerprint density at radius 2 is 2.32 bits per heavy atom. The van der Waals surface area contributed by atoms with Gasteiger partial charge in [0.15, 0.2) is 5.82 Å². The summed E-state index contributed by atoms with van der Waals surface area (Å²) in [4.78, 5) is 4.46. The molecular formula is C16H21FN4O. The van der Waals surface area contributed by atoms with Crippen molar-refractivity contribution in [2.24, 2.45) is 0 Å². The molecule has 1 fully saturated rings. The summed E-state index contributed by atoms with van der Waals surface area (Å²) in [6, 6.07) is 7.02. The number of benzene rings is 1. The number of hydrogen-bond acceptors (Lipinski definition) is 4. The van der Waals surface area contributed by atoms with Crippen LogP contribution in [-0.4, -0.2) is 27.8 Å². The third-order valence-corrected chi connectivity index (χ3v) is 3.87. The standard InChI is InChI=1S/C16H21FN4O/c1-11(9-12-5-2-3-6-13(12)17)18-10-15-19-16(21-20-15)14-7-4-8-22-14/h2-3,5-6,11,14,18H,4,7-10H2,1H3,(H,19,20,21). The van der Waals surface area contributed by atoms with Gasteiger partial charge in [0.05, 0.1) is 6.54 Å². The molecule has 3 rings (SSSR count). The molecule has 2 heterocycles. The maximum atomic E-state index is 13.6. The van der Waals surface area contributed by atoms with Crippen molar-refractivity contribution in [3.8, 4) is 0 Å². The molecule has 6 heteroatoms. The molecule has 0 saturated carbocycles. The normalized spacial score (nSPS) is 19.5. The number of aromatic amines is 1. The number of H-pyrrole nitrogens is 1. The maximum absolute atomic E-state index is 13.6. The Labute approximate surface area is 129 Å². The molecule has 0 spiro atoms. The average molecular weight is 304 g/mol. The van der Waals surface area contributed by atoms with Gasteiger partial charge in [-0.15, -0.1) is 0 Å². The van der Waals surface area contributed by atoms with Gasteiger partial charge in [-0.1, -0.05) is 18.2 Å². The van der Waals surface area contributed by atoms with Gasteiger partial charge in [-0.2, -0.15) is 5.10 Å². The summed E-state index contributed by atoms with van der Waals surface area (Å²) in [5.41, 5.74) is 0.722. The average Bonchev–Trinajstić information content (AvgIpc) is 3.18. The van der Waals surface area contributed by atoms with Crippen molar-refractivity contribution >= 4 is 0 Å². The molecule has 2 unspecified atom stereocenters. The molecule has 22 heavy (non-hydrogen) atoms. The van der Waals surface area contributed by atoms with E-state index in [9.17, 15) is 4.39 Å². The number of halogens is 1. The van der Waals surface area contributed by atoms with Gasteiger partial charge in [0.2, 0.25) is 0 Å². The highest BCUT2D eigenvalue weighted by molar-refractivity contribution is 5.18. The molecule has 1 aromatic carbocycles. The van der Waals surface area contributed by atoms with Gasteiger partial charge in [-0.3, -0.25) is 5.10 Å². The third kappa shape index (κ3) is 3.69. The van der Waals surface area contributed by atoms with E-state index in [1.165, 1.54) is 6.07 Å². The zero-order chi connectivity index (χ0) is 15.4. The lowest BCUT2D eigenvalue weighted by atomic mass is 10.1. The second-order valence-electron chi connectivity index (χ2n) is 5.72. The summed E-state index contributed by atoms with van der Waals surface area (Å²) in [6.45, 7) is 3.39. The first kappa shape index (κ1) is 15.1. The van der Waals surface area contributed by atoms with E-state index in [-0.39, 0.29) is 18.0 Å². The number of nitrogens with zero attached hydrogens (tertiary/aromatic N) is 2. The molecule has 0 radical (unpaired) electrons. The lowest BCUT2D eigenvalue weighted by Gasteiger charge is -2.13. The van der Waals surface area contributed by atoms with Crippen molar-refractivity contribution in [3.05, 3.63) is 47.3 Å². The number of aromatic nitrogens is 3. The quantitative estimate of drug-likeness (QED) is 0.861. The van der Waals surface area contributed by atoms with Crippen molar-refractivity contribution in [2.75, 3.05) is 6.61 Å². The van der Waals surface area contributed by atoms with Crippen molar-refractivity contribution < 1.29 is 9.13 Å². The molecule has 1 aliphatic heterocycles. The highest BCUT2D eigenvalue weighted by Crippen LogP contribution is 2.25. The second kappa shape index (κ2) is 6.98. The minimum Gasteiger partial charge on any atom is -0.370 e. The molecule has 2 N–H and O–H groups in total. The number of hydrogen-bond donors (Lipinski definition) is 2. The van der Waals surface area contributed by atoms with Crippen molar-refractivity contribution in [2.45, 2.75) is 44.9 Å². The van der Waals surface area contributed by atoms with Gasteiger partial charge in [0.1, 0.15) is 17.7 Å². The van der Waals surface area contributed by atoms with Gasteiger partial charge in [-0.25, -0.2) is 9.37 Å². The summed E-state index contributed by atoms with van der Waals surface area (Å²) in [7, 11) is 0. The van der Waals surface area contributed by atoms with Crippen LogP contribution >= 0.6 is 0 Å². The van der Waals surface area contributed by atoms with E-state index >= 15 is 0 Å². The zero-order valence-electron chi connectivity index (χ0n) is 12.7. The summed E-state index contributed by atoms with van der Waals surface area (Å²) >= 11 is 0. The Hall–Kier alpha value is -1.79. The highest BCUT2D eigenvalue weighted by Gasteiger charge is 2.21. The fraction of sp³-hybridized carbons (Fsp3) is 0.500. The van der Waals surface area contributed by atoms with E-state index in [1.54, 1.807) is 6.07 Å². The Kier molecular flexibility index (Phi) is 4.80. The first-order valence-electron chi connectivity index (χ1n) is 7.72. The fourth-order valence-corrected chi connectivity index (χ4v) is 2.65. The van der Waals surface area contributed by atoms with Crippen LogP contribution < -0.4 is 5.32 Å². The summed E-state index contributed by atoms with van der Waals surface area (Å²) in [5.74, 6) is 1.36. The largest absolute Gasteiger partial charge is 0.370 e. The van der Waals surface area contributed by atoms with Crippen LogP contribution in [0.3, 0.4) is 0 Å². The molecule has 5 nitrogen and oxygen atoms in total. The van der Waals surface area contributed by atoms with Gasteiger partial charge in [0, 0.05) is 12.6 Å². The van der Waals surface area contributed by atoms with Crippen molar-refractivity contribution in [1.29, 1.82) is 0 Å². The lowest BCUT2D eigenvalue weighted by molar-refractivity contribution is 0.105. The van der Waals surface area contributed by atoms with Crippen LogP contribution in [0.25, 0.3) is 0 Å². The molecule has 0 amide bonds. The first-order chi connectivity index (χ1) is 10.7. The first-order valence-corrected chi connectivity index (χ1v) is 7.72. The topological polar surface area (TPSA) is 62.8 Å². The molecule has 2 aromatic rings. The van der Waals surface area contributed by atoms with E-state index in [4.69, 9.17) is 4.74 Å². The van der Waals surface area contributed by atoms with Crippen LogP contribution in [0.15, 0.2) is 24.3 Å². The second-order valence-corrected chi connectivity index (χ2v) is 5.72. The molecule has 1 aliphatic rings. The van der Waals surface area contributed by atoms with E-state index < -0.39 is 0 Å². The highest BCUT2D eigenvalue weighted by atomic mass is 19.1. The van der Waals surface area contributed by atoms with Crippen molar-refractivity contribution in [1.82, 2.24) is 20.5 Å². The van der Waals surface area contributed by atoms with Gasteiger partial charge in [0.25, 0.3) is 0 Å². The van der Waals surface area contributed by atoms with Gasteiger partial charge >= 0.3 is 0 Å². The lowest BCUT2D eigenvalue weighted by Crippen LogP contribution is -2.28. The molecular weight excluding hydrogens is 283 g/mol. The number of rotatable bonds is 6. The third-order valence-electron chi connectivity index (χ3n) is 3.87. The monoisotopic (exact) mass is 304 g/mol. The van der Waals surface area contributed by atoms with Gasteiger partial charge < -0.3 is 10.1 Å². The van der Waals surface area contributed by atoms with Crippen LogP contribution in [-0.2, 0) is 17.7 Å². The molecule has 2 atom stereocenters. The zero-order valence-corrected chi connectivity index (χ0v) is 12.7. The summed E-state index contributed by atoms with van der Waals surface area (Å²) in [6.07, 6.45) is 2.71. The summed E-state index contributed by atoms with van der Waals surface area (Å²) < 4.78 is 19.2. The Morgan fingerprint density at radius 3 is 3.09 bits per heavy atom. The molecule has 0 aliphatic carbocycles. The number of ether oxygens (including phenoxy) is 1.